The van der Waals surface area contributed by atoms with Gasteiger partial charge in [-0.15, -0.1) is 0 Å². The summed E-state index contributed by atoms with van der Waals surface area (Å²) in [6.07, 6.45) is 2.46. The Bertz CT molecular complexity index is 367. The van der Waals surface area contributed by atoms with Crippen molar-refractivity contribution in [1.29, 1.82) is 0 Å². The van der Waals surface area contributed by atoms with Gasteiger partial charge < -0.3 is 9.94 Å². The van der Waals surface area contributed by atoms with Gasteiger partial charge in [0.15, 0.2) is 6.10 Å². The average Bonchev–Trinajstić information content (AvgIpc) is 2.67. The van der Waals surface area contributed by atoms with Gasteiger partial charge in [0.05, 0.1) is 5.71 Å². The van der Waals surface area contributed by atoms with Gasteiger partial charge in [-0.1, -0.05) is 11.7 Å². The molecule has 0 radical (unpaired) electrons. The quantitative estimate of drug-likeness (QED) is 0.723. The Morgan fingerprint density at radius 1 is 1.43 bits per heavy atom. The van der Waals surface area contributed by atoms with Crippen LogP contribution < -0.4 is 0 Å². The lowest BCUT2D eigenvalue weighted by Crippen LogP contribution is -2.04. The first-order valence-electron chi connectivity index (χ1n) is 4.44. The molecule has 0 aliphatic carbocycles. The fourth-order valence-electron chi connectivity index (χ4n) is 1.35. The standard InChI is InChI=1S/C11H11NO2/c1-2-10-7-11(12-14-10)8-3-5-9(13)6-4-8/h2-6,10,13H,1,7H2. The van der Waals surface area contributed by atoms with Crippen molar-refractivity contribution in [2.75, 3.05) is 0 Å². The fourth-order valence-corrected chi connectivity index (χ4v) is 1.35. The molecular weight excluding hydrogens is 178 g/mol. The Hall–Kier alpha value is -1.77. The van der Waals surface area contributed by atoms with E-state index in [4.69, 9.17) is 9.94 Å². The predicted molar refractivity (Wildman–Crippen MR) is 54.3 cm³/mol. The van der Waals surface area contributed by atoms with Crippen LogP contribution in [-0.2, 0) is 4.84 Å². The van der Waals surface area contributed by atoms with Gasteiger partial charge in [-0.05, 0) is 35.9 Å². The van der Waals surface area contributed by atoms with Crippen molar-refractivity contribution < 1.29 is 9.94 Å². The monoisotopic (exact) mass is 189 g/mol. The minimum Gasteiger partial charge on any atom is -0.508 e. The van der Waals surface area contributed by atoms with Crippen LogP contribution in [0.3, 0.4) is 0 Å². The van der Waals surface area contributed by atoms with E-state index in [9.17, 15) is 0 Å². The van der Waals surface area contributed by atoms with Crippen LogP contribution in [0.2, 0.25) is 0 Å². The third kappa shape index (κ3) is 1.62. The minimum absolute atomic E-state index is 0.0150. The third-order valence-electron chi connectivity index (χ3n) is 2.16. The van der Waals surface area contributed by atoms with Crippen molar-refractivity contribution >= 4 is 5.71 Å². The second-order valence-electron chi connectivity index (χ2n) is 3.17. The summed E-state index contributed by atoms with van der Waals surface area (Å²) in [4.78, 5) is 5.11. The molecule has 0 spiro atoms. The number of nitrogens with zero attached hydrogens (tertiary/aromatic N) is 1. The molecule has 1 aromatic carbocycles. The molecule has 1 N–H and O–H groups in total. The topological polar surface area (TPSA) is 41.8 Å². The van der Waals surface area contributed by atoms with Crippen molar-refractivity contribution in [3.63, 3.8) is 0 Å². The lowest BCUT2D eigenvalue weighted by atomic mass is 10.1. The van der Waals surface area contributed by atoms with E-state index in [-0.39, 0.29) is 11.9 Å². The summed E-state index contributed by atoms with van der Waals surface area (Å²) in [5.74, 6) is 0.258. The SMILES string of the molecule is C=CC1CC(c2ccc(O)cc2)=NO1. The zero-order chi connectivity index (χ0) is 9.97. The first-order chi connectivity index (χ1) is 6.79. The van der Waals surface area contributed by atoms with Crippen molar-refractivity contribution in [3.8, 4) is 5.75 Å². The van der Waals surface area contributed by atoms with Gasteiger partial charge in [0.2, 0.25) is 0 Å². The zero-order valence-electron chi connectivity index (χ0n) is 7.68. The summed E-state index contributed by atoms with van der Waals surface area (Å²) in [5, 5.41) is 13.1. The van der Waals surface area contributed by atoms with Crippen molar-refractivity contribution in [1.82, 2.24) is 0 Å². The van der Waals surface area contributed by atoms with Gasteiger partial charge in [0.25, 0.3) is 0 Å². The molecule has 1 aliphatic rings. The van der Waals surface area contributed by atoms with E-state index in [1.165, 1.54) is 0 Å². The van der Waals surface area contributed by atoms with E-state index in [1.807, 2.05) is 12.1 Å². The Morgan fingerprint density at radius 3 is 2.71 bits per heavy atom. The molecule has 1 aromatic rings. The first kappa shape index (κ1) is 8.81. The molecule has 0 saturated carbocycles. The molecule has 3 heteroatoms. The van der Waals surface area contributed by atoms with Crippen LogP contribution in [0, 0.1) is 0 Å². The molecule has 0 saturated heterocycles. The number of phenolic OH excluding ortho intramolecular Hbond substituents is 1. The molecule has 1 heterocycles. The van der Waals surface area contributed by atoms with Gasteiger partial charge >= 0.3 is 0 Å². The van der Waals surface area contributed by atoms with Crippen LogP contribution in [0.4, 0.5) is 0 Å². The highest BCUT2D eigenvalue weighted by atomic mass is 16.6. The molecule has 0 bridgehead atoms. The summed E-state index contributed by atoms with van der Waals surface area (Å²) in [6, 6.07) is 6.92. The highest BCUT2D eigenvalue weighted by Crippen LogP contribution is 2.18. The van der Waals surface area contributed by atoms with Crippen LogP contribution >= 0.6 is 0 Å². The van der Waals surface area contributed by atoms with Crippen LogP contribution in [0.5, 0.6) is 5.75 Å². The highest BCUT2D eigenvalue weighted by Gasteiger charge is 2.18. The predicted octanol–water partition coefficient (Wildman–Crippen LogP) is 2.07. The lowest BCUT2D eigenvalue weighted by Gasteiger charge is -1.99. The smallest absolute Gasteiger partial charge is 0.151 e. The van der Waals surface area contributed by atoms with E-state index in [1.54, 1.807) is 18.2 Å². The maximum absolute atomic E-state index is 9.11. The second-order valence-corrected chi connectivity index (χ2v) is 3.17. The number of aromatic hydroxyl groups is 1. The van der Waals surface area contributed by atoms with Crippen LogP contribution in [0.15, 0.2) is 42.1 Å². The van der Waals surface area contributed by atoms with Gasteiger partial charge in [-0.3, -0.25) is 0 Å². The Balaban J connectivity index is 2.17. The minimum atomic E-state index is -0.0150. The molecule has 1 aliphatic heterocycles. The van der Waals surface area contributed by atoms with E-state index in [2.05, 4.69) is 11.7 Å². The summed E-state index contributed by atoms with van der Waals surface area (Å²) in [6.45, 7) is 3.65. The second kappa shape index (κ2) is 3.54. The maximum atomic E-state index is 9.11. The first-order valence-corrected chi connectivity index (χ1v) is 4.44. The Labute approximate surface area is 82.3 Å². The molecule has 0 aromatic heterocycles. The molecular formula is C11H11NO2. The van der Waals surface area contributed by atoms with E-state index in [0.717, 1.165) is 17.7 Å². The van der Waals surface area contributed by atoms with Crippen LogP contribution in [0.1, 0.15) is 12.0 Å². The maximum Gasteiger partial charge on any atom is 0.151 e. The average molecular weight is 189 g/mol. The van der Waals surface area contributed by atoms with Crippen LogP contribution in [-0.4, -0.2) is 16.9 Å². The van der Waals surface area contributed by atoms with Crippen LogP contribution in [0.25, 0.3) is 0 Å². The highest BCUT2D eigenvalue weighted by molar-refractivity contribution is 6.01. The molecule has 0 amide bonds. The molecule has 0 fully saturated rings. The van der Waals surface area contributed by atoms with E-state index in [0.29, 0.717) is 0 Å². The number of oxime groups is 1. The number of hydrogen-bond acceptors (Lipinski definition) is 3. The number of phenols is 1. The molecule has 1 atom stereocenters. The van der Waals surface area contributed by atoms with Gasteiger partial charge in [0.1, 0.15) is 5.75 Å². The zero-order valence-corrected chi connectivity index (χ0v) is 7.68. The Morgan fingerprint density at radius 2 is 2.14 bits per heavy atom. The fraction of sp³-hybridized carbons (Fsp3) is 0.182. The molecule has 3 nitrogen and oxygen atoms in total. The Kier molecular flexibility index (Phi) is 2.23. The molecule has 14 heavy (non-hydrogen) atoms. The molecule has 1 unspecified atom stereocenters. The van der Waals surface area contributed by atoms with Crippen molar-refractivity contribution in [2.24, 2.45) is 5.16 Å². The summed E-state index contributed by atoms with van der Waals surface area (Å²) >= 11 is 0. The summed E-state index contributed by atoms with van der Waals surface area (Å²) < 4.78 is 0. The van der Waals surface area contributed by atoms with E-state index < -0.39 is 0 Å². The molecule has 72 valence electrons. The third-order valence-corrected chi connectivity index (χ3v) is 2.16. The van der Waals surface area contributed by atoms with E-state index >= 15 is 0 Å². The largest absolute Gasteiger partial charge is 0.508 e. The number of rotatable bonds is 2. The number of benzene rings is 1. The lowest BCUT2D eigenvalue weighted by molar-refractivity contribution is 0.120. The van der Waals surface area contributed by atoms with Gasteiger partial charge in [-0.2, -0.15) is 0 Å². The number of hydrogen-bond donors (Lipinski definition) is 1. The van der Waals surface area contributed by atoms with Crippen molar-refractivity contribution in [2.45, 2.75) is 12.5 Å². The van der Waals surface area contributed by atoms with Crippen molar-refractivity contribution in [3.05, 3.63) is 42.5 Å². The van der Waals surface area contributed by atoms with Gasteiger partial charge in [0, 0.05) is 6.42 Å². The molecule has 2 rings (SSSR count). The summed E-state index contributed by atoms with van der Waals surface area (Å²) in [5.41, 5.74) is 1.88. The van der Waals surface area contributed by atoms with Gasteiger partial charge in [-0.25, -0.2) is 0 Å². The summed E-state index contributed by atoms with van der Waals surface area (Å²) in [7, 11) is 0. The normalized spacial score (nSPS) is 20.0.